The van der Waals surface area contributed by atoms with E-state index in [0.29, 0.717) is 0 Å². The normalized spacial score (nSPS) is 14.1. The summed E-state index contributed by atoms with van der Waals surface area (Å²) in [6.07, 6.45) is 5.57. The predicted octanol–water partition coefficient (Wildman–Crippen LogP) is 3.40. The summed E-state index contributed by atoms with van der Waals surface area (Å²) in [6, 6.07) is 0. The number of hydrogen-bond acceptors (Lipinski definition) is 1. The Kier molecular flexibility index (Phi) is 7.35. The molecule has 1 nitrogen and oxygen atoms in total. The Morgan fingerprint density at radius 3 is 2.00 bits per heavy atom. The predicted molar refractivity (Wildman–Crippen MR) is 61.0 cm³/mol. The van der Waals surface area contributed by atoms with Gasteiger partial charge in [-0.05, 0) is 38.9 Å². The van der Waals surface area contributed by atoms with Crippen molar-refractivity contribution < 1.29 is 0 Å². The van der Waals surface area contributed by atoms with Gasteiger partial charge >= 0.3 is 0 Å². The molecule has 0 aromatic carbocycles. The topological polar surface area (TPSA) is 3.24 Å². The van der Waals surface area contributed by atoms with E-state index in [0.717, 1.165) is 11.8 Å². The maximum atomic E-state index is 2.38. The molecule has 0 radical (unpaired) electrons. The van der Waals surface area contributed by atoms with Crippen LogP contribution >= 0.6 is 0 Å². The smallest absolute Gasteiger partial charge is 0.00223 e. The summed E-state index contributed by atoms with van der Waals surface area (Å²) in [7, 11) is 4.31. The van der Waals surface area contributed by atoms with Crippen molar-refractivity contribution in [3.63, 3.8) is 0 Å². The van der Waals surface area contributed by atoms with Crippen LogP contribution < -0.4 is 0 Å². The van der Waals surface area contributed by atoms with Gasteiger partial charge in [0.2, 0.25) is 0 Å². The lowest BCUT2D eigenvalue weighted by molar-refractivity contribution is 0.343. The van der Waals surface area contributed by atoms with Crippen LogP contribution in [0.4, 0.5) is 0 Å². The molecular formula is C12H27N. The second kappa shape index (κ2) is 7.37. The van der Waals surface area contributed by atoms with Gasteiger partial charge in [-0.25, -0.2) is 0 Å². The quantitative estimate of drug-likeness (QED) is 0.587. The average molecular weight is 185 g/mol. The third-order valence-corrected chi connectivity index (χ3v) is 2.55. The van der Waals surface area contributed by atoms with Gasteiger partial charge in [-0.15, -0.1) is 0 Å². The molecule has 0 rings (SSSR count). The molecule has 0 saturated carbocycles. The highest BCUT2D eigenvalue weighted by Gasteiger charge is 2.03. The van der Waals surface area contributed by atoms with E-state index in [2.05, 4.69) is 39.8 Å². The van der Waals surface area contributed by atoms with Gasteiger partial charge in [0.25, 0.3) is 0 Å². The first-order valence-corrected chi connectivity index (χ1v) is 5.67. The lowest BCUT2D eigenvalue weighted by Gasteiger charge is -2.15. The Morgan fingerprint density at radius 1 is 0.923 bits per heavy atom. The minimum absolute atomic E-state index is 0.876. The van der Waals surface area contributed by atoms with E-state index in [1.165, 1.54) is 32.2 Å². The van der Waals surface area contributed by atoms with Crippen LogP contribution in [0.1, 0.15) is 46.5 Å². The van der Waals surface area contributed by atoms with Gasteiger partial charge < -0.3 is 4.90 Å². The highest BCUT2D eigenvalue weighted by atomic mass is 15.0. The largest absolute Gasteiger partial charge is 0.309 e. The Labute approximate surface area is 84.5 Å². The highest BCUT2D eigenvalue weighted by molar-refractivity contribution is 4.57. The van der Waals surface area contributed by atoms with Gasteiger partial charge in [-0.2, -0.15) is 0 Å². The van der Waals surface area contributed by atoms with Crippen molar-refractivity contribution in [3.05, 3.63) is 0 Å². The maximum absolute atomic E-state index is 2.38. The van der Waals surface area contributed by atoms with Crippen LogP contribution in [0.3, 0.4) is 0 Å². The Hall–Kier alpha value is -0.0400. The van der Waals surface area contributed by atoms with Crippen LogP contribution in [0.15, 0.2) is 0 Å². The molecule has 0 spiro atoms. The molecule has 1 atom stereocenters. The van der Waals surface area contributed by atoms with Gasteiger partial charge in [-0.3, -0.25) is 0 Å². The summed E-state index contributed by atoms with van der Waals surface area (Å²) in [5.41, 5.74) is 0. The van der Waals surface area contributed by atoms with Crippen LogP contribution in [-0.2, 0) is 0 Å². The van der Waals surface area contributed by atoms with Crippen molar-refractivity contribution in [3.8, 4) is 0 Å². The molecule has 0 aromatic rings. The molecule has 0 bridgehead atoms. The number of rotatable bonds is 7. The van der Waals surface area contributed by atoms with Crippen molar-refractivity contribution >= 4 is 0 Å². The van der Waals surface area contributed by atoms with Gasteiger partial charge in [0.15, 0.2) is 0 Å². The molecule has 0 fully saturated rings. The fourth-order valence-electron chi connectivity index (χ4n) is 1.50. The van der Waals surface area contributed by atoms with Crippen LogP contribution in [0.25, 0.3) is 0 Å². The molecule has 13 heavy (non-hydrogen) atoms. The summed E-state index contributed by atoms with van der Waals surface area (Å²) in [6.45, 7) is 8.24. The summed E-state index contributed by atoms with van der Waals surface area (Å²) in [4.78, 5) is 2.28. The Balaban J connectivity index is 3.25. The molecular weight excluding hydrogens is 158 g/mol. The highest BCUT2D eigenvalue weighted by Crippen LogP contribution is 2.14. The molecule has 0 amide bonds. The van der Waals surface area contributed by atoms with Gasteiger partial charge in [0.1, 0.15) is 0 Å². The maximum Gasteiger partial charge on any atom is -0.00223 e. The van der Waals surface area contributed by atoms with Gasteiger partial charge in [0, 0.05) is 0 Å². The molecule has 0 saturated heterocycles. The average Bonchev–Trinajstić information content (AvgIpc) is 2.00. The summed E-state index contributed by atoms with van der Waals surface area (Å²) in [5.74, 6) is 1.78. The van der Waals surface area contributed by atoms with E-state index in [9.17, 15) is 0 Å². The minimum Gasteiger partial charge on any atom is -0.309 e. The first-order valence-electron chi connectivity index (χ1n) is 5.67. The number of nitrogens with zero attached hydrogens (tertiary/aromatic N) is 1. The lowest BCUT2D eigenvalue weighted by Crippen LogP contribution is -2.15. The van der Waals surface area contributed by atoms with Gasteiger partial charge in [0.05, 0.1) is 0 Å². The zero-order chi connectivity index (χ0) is 10.3. The zero-order valence-electron chi connectivity index (χ0n) is 10.1. The van der Waals surface area contributed by atoms with E-state index in [4.69, 9.17) is 0 Å². The molecule has 1 heteroatoms. The SMILES string of the molecule is CC(C)CCCC(C)CCN(C)C. The van der Waals surface area contributed by atoms with Crippen LogP contribution in [-0.4, -0.2) is 25.5 Å². The Bertz CT molecular complexity index is 108. The van der Waals surface area contributed by atoms with E-state index >= 15 is 0 Å². The van der Waals surface area contributed by atoms with E-state index in [1.807, 2.05) is 0 Å². The molecule has 0 aliphatic carbocycles. The monoisotopic (exact) mass is 185 g/mol. The second-order valence-electron chi connectivity index (χ2n) is 5.02. The van der Waals surface area contributed by atoms with Gasteiger partial charge in [-0.1, -0.05) is 40.0 Å². The van der Waals surface area contributed by atoms with Crippen molar-refractivity contribution in [2.75, 3.05) is 20.6 Å². The minimum atomic E-state index is 0.876. The zero-order valence-corrected chi connectivity index (χ0v) is 10.1. The molecule has 0 aliphatic heterocycles. The Morgan fingerprint density at radius 2 is 1.54 bits per heavy atom. The molecule has 80 valence electrons. The van der Waals surface area contributed by atoms with Crippen molar-refractivity contribution in [2.24, 2.45) is 11.8 Å². The lowest BCUT2D eigenvalue weighted by atomic mass is 9.97. The van der Waals surface area contributed by atoms with Crippen LogP contribution in [0.5, 0.6) is 0 Å². The van der Waals surface area contributed by atoms with E-state index in [1.54, 1.807) is 0 Å². The number of hydrogen-bond donors (Lipinski definition) is 0. The first kappa shape index (κ1) is 13.0. The van der Waals surface area contributed by atoms with Crippen molar-refractivity contribution in [2.45, 2.75) is 46.5 Å². The van der Waals surface area contributed by atoms with Crippen LogP contribution in [0.2, 0.25) is 0 Å². The molecule has 1 unspecified atom stereocenters. The molecule has 0 aliphatic rings. The third kappa shape index (κ3) is 9.88. The van der Waals surface area contributed by atoms with E-state index in [-0.39, 0.29) is 0 Å². The fourth-order valence-corrected chi connectivity index (χ4v) is 1.50. The summed E-state index contributed by atoms with van der Waals surface area (Å²) < 4.78 is 0. The van der Waals surface area contributed by atoms with Crippen LogP contribution in [0, 0.1) is 11.8 Å². The van der Waals surface area contributed by atoms with Crippen molar-refractivity contribution in [1.29, 1.82) is 0 Å². The second-order valence-corrected chi connectivity index (χ2v) is 5.02. The molecule has 0 aromatic heterocycles. The third-order valence-electron chi connectivity index (χ3n) is 2.55. The standard InChI is InChI=1S/C12H27N/c1-11(2)7-6-8-12(3)9-10-13(4)5/h11-12H,6-10H2,1-5H3. The van der Waals surface area contributed by atoms with E-state index < -0.39 is 0 Å². The summed E-state index contributed by atoms with van der Waals surface area (Å²) >= 11 is 0. The van der Waals surface area contributed by atoms with Crippen molar-refractivity contribution in [1.82, 2.24) is 4.90 Å². The first-order chi connectivity index (χ1) is 6.02. The summed E-state index contributed by atoms with van der Waals surface area (Å²) in [5, 5.41) is 0. The fraction of sp³-hybridized carbons (Fsp3) is 1.00. The molecule has 0 N–H and O–H groups in total. The molecule has 0 heterocycles.